The number of aromatic amines is 1. The van der Waals surface area contributed by atoms with E-state index in [4.69, 9.17) is 23.2 Å². The first-order chi connectivity index (χ1) is 10.1. The number of aromatic nitrogens is 1. The van der Waals surface area contributed by atoms with Gasteiger partial charge in [0.15, 0.2) is 5.78 Å². The monoisotopic (exact) mass is 317 g/mol. The van der Waals surface area contributed by atoms with Crippen molar-refractivity contribution in [3.8, 4) is 0 Å². The number of aryl methyl sites for hydroxylation is 1. The smallest absolute Gasteiger partial charge is 0.198 e. The topological polar surface area (TPSA) is 32.9 Å². The quantitative estimate of drug-likeness (QED) is 0.656. The second-order valence-corrected chi connectivity index (χ2v) is 5.64. The van der Waals surface area contributed by atoms with Crippen molar-refractivity contribution in [1.29, 1.82) is 0 Å². The van der Waals surface area contributed by atoms with E-state index >= 15 is 0 Å². The molecule has 1 heterocycles. The summed E-state index contributed by atoms with van der Waals surface area (Å²) in [5, 5.41) is 1.64. The van der Waals surface area contributed by atoms with Crippen LogP contribution < -0.4 is 0 Å². The molecule has 0 saturated carbocycles. The first-order valence-electron chi connectivity index (χ1n) is 6.71. The van der Waals surface area contributed by atoms with Crippen LogP contribution in [0.4, 0.5) is 0 Å². The van der Waals surface area contributed by atoms with Gasteiger partial charge in [0.2, 0.25) is 0 Å². The highest BCUT2D eigenvalue weighted by Gasteiger charge is 2.20. The Morgan fingerprint density at radius 1 is 1.10 bits per heavy atom. The Bertz CT molecular complexity index is 816. The minimum atomic E-state index is -0.162. The molecule has 0 unspecified atom stereocenters. The number of ketones is 1. The average Bonchev–Trinajstić information content (AvgIpc) is 2.90. The summed E-state index contributed by atoms with van der Waals surface area (Å²) in [5.74, 6) is -0.162. The van der Waals surface area contributed by atoms with Gasteiger partial charge in [-0.1, -0.05) is 54.4 Å². The Kier molecular flexibility index (Phi) is 3.75. The molecule has 0 fully saturated rings. The number of halogens is 2. The van der Waals surface area contributed by atoms with Gasteiger partial charge in [0.1, 0.15) is 0 Å². The van der Waals surface area contributed by atoms with Gasteiger partial charge < -0.3 is 4.98 Å². The van der Waals surface area contributed by atoms with Crippen LogP contribution in [0.2, 0.25) is 10.0 Å². The molecule has 3 aromatic rings. The number of fused-ring (bicyclic) bond motifs is 1. The normalized spacial score (nSPS) is 11.0. The van der Waals surface area contributed by atoms with Crippen molar-refractivity contribution in [2.24, 2.45) is 0 Å². The molecule has 0 atom stereocenters. The lowest BCUT2D eigenvalue weighted by Crippen LogP contribution is -2.02. The molecule has 0 saturated heterocycles. The largest absolute Gasteiger partial charge is 0.360 e. The minimum absolute atomic E-state index is 0.162. The minimum Gasteiger partial charge on any atom is -0.360 e. The van der Waals surface area contributed by atoms with Crippen LogP contribution in [0.25, 0.3) is 10.9 Å². The molecular formula is C17H13Cl2NO. The molecule has 3 rings (SSSR count). The van der Waals surface area contributed by atoms with Gasteiger partial charge >= 0.3 is 0 Å². The lowest BCUT2D eigenvalue weighted by atomic mass is 10.0. The zero-order chi connectivity index (χ0) is 15.0. The van der Waals surface area contributed by atoms with Crippen molar-refractivity contribution in [2.45, 2.75) is 13.3 Å². The SMILES string of the molecule is CCc1cccc2c(C(=O)c3c(Cl)cccc3Cl)c[nH]c12. The number of carbonyl (C=O) groups is 1. The third-order valence-electron chi connectivity index (χ3n) is 3.62. The van der Waals surface area contributed by atoms with Crippen LogP contribution in [-0.2, 0) is 6.42 Å². The fourth-order valence-electron chi connectivity index (χ4n) is 2.55. The zero-order valence-corrected chi connectivity index (χ0v) is 12.9. The fourth-order valence-corrected chi connectivity index (χ4v) is 3.12. The Morgan fingerprint density at radius 3 is 2.43 bits per heavy atom. The van der Waals surface area contributed by atoms with E-state index in [1.807, 2.05) is 12.1 Å². The molecular weight excluding hydrogens is 305 g/mol. The highest BCUT2D eigenvalue weighted by atomic mass is 35.5. The summed E-state index contributed by atoms with van der Waals surface area (Å²) in [7, 11) is 0. The summed E-state index contributed by atoms with van der Waals surface area (Å²) in [5.41, 5.74) is 3.11. The van der Waals surface area contributed by atoms with Gasteiger partial charge in [-0.15, -0.1) is 0 Å². The third kappa shape index (κ3) is 2.35. The van der Waals surface area contributed by atoms with E-state index in [9.17, 15) is 4.79 Å². The molecule has 1 aromatic heterocycles. The molecule has 0 radical (unpaired) electrons. The van der Waals surface area contributed by atoms with Gasteiger partial charge in [0, 0.05) is 22.7 Å². The molecule has 0 amide bonds. The van der Waals surface area contributed by atoms with Crippen molar-refractivity contribution < 1.29 is 4.79 Å². The van der Waals surface area contributed by atoms with Crippen molar-refractivity contribution in [3.63, 3.8) is 0 Å². The van der Waals surface area contributed by atoms with Crippen molar-refractivity contribution in [1.82, 2.24) is 4.98 Å². The summed E-state index contributed by atoms with van der Waals surface area (Å²) >= 11 is 12.3. The van der Waals surface area contributed by atoms with Crippen LogP contribution in [0.3, 0.4) is 0 Å². The molecule has 0 aliphatic rings. The van der Waals surface area contributed by atoms with E-state index in [1.54, 1.807) is 24.4 Å². The lowest BCUT2D eigenvalue weighted by molar-refractivity contribution is 0.104. The van der Waals surface area contributed by atoms with Crippen LogP contribution in [-0.4, -0.2) is 10.8 Å². The van der Waals surface area contributed by atoms with Crippen molar-refractivity contribution >= 4 is 39.9 Å². The first kappa shape index (κ1) is 14.2. The van der Waals surface area contributed by atoms with Gasteiger partial charge in [-0.3, -0.25) is 4.79 Å². The van der Waals surface area contributed by atoms with E-state index in [-0.39, 0.29) is 5.78 Å². The number of benzene rings is 2. The van der Waals surface area contributed by atoms with Gasteiger partial charge in [-0.05, 0) is 24.1 Å². The van der Waals surface area contributed by atoms with E-state index in [0.29, 0.717) is 21.2 Å². The third-order valence-corrected chi connectivity index (χ3v) is 4.25. The first-order valence-corrected chi connectivity index (χ1v) is 7.46. The Labute approximate surface area is 132 Å². The molecule has 4 heteroatoms. The molecule has 2 aromatic carbocycles. The summed E-state index contributed by atoms with van der Waals surface area (Å²) in [6.07, 6.45) is 2.63. The summed E-state index contributed by atoms with van der Waals surface area (Å²) in [6.45, 7) is 2.09. The van der Waals surface area contributed by atoms with Crippen LogP contribution in [0.1, 0.15) is 28.4 Å². The van der Waals surface area contributed by atoms with Gasteiger partial charge in [0.25, 0.3) is 0 Å². The highest BCUT2D eigenvalue weighted by Crippen LogP contribution is 2.30. The van der Waals surface area contributed by atoms with E-state index in [2.05, 4.69) is 18.0 Å². The summed E-state index contributed by atoms with van der Waals surface area (Å²) in [4.78, 5) is 16.0. The van der Waals surface area contributed by atoms with Crippen LogP contribution in [0.5, 0.6) is 0 Å². The van der Waals surface area contributed by atoms with Gasteiger partial charge in [-0.2, -0.15) is 0 Å². The maximum absolute atomic E-state index is 12.8. The van der Waals surface area contributed by atoms with Crippen LogP contribution in [0.15, 0.2) is 42.6 Å². The standard InChI is InChI=1S/C17H13Cl2NO/c1-2-10-5-3-6-11-12(9-20-16(10)11)17(21)15-13(18)7-4-8-14(15)19/h3-9,20H,2H2,1H3. The number of para-hydroxylation sites is 1. The van der Waals surface area contributed by atoms with Crippen LogP contribution in [0, 0.1) is 0 Å². The second kappa shape index (κ2) is 5.55. The average molecular weight is 318 g/mol. The Morgan fingerprint density at radius 2 is 1.76 bits per heavy atom. The molecule has 0 bridgehead atoms. The van der Waals surface area contributed by atoms with Crippen molar-refractivity contribution in [2.75, 3.05) is 0 Å². The molecule has 0 spiro atoms. The molecule has 0 aliphatic heterocycles. The van der Waals surface area contributed by atoms with Gasteiger partial charge in [-0.25, -0.2) is 0 Å². The van der Waals surface area contributed by atoms with E-state index in [0.717, 1.165) is 17.3 Å². The maximum atomic E-state index is 12.8. The Hall–Kier alpha value is -1.77. The number of H-pyrrole nitrogens is 1. The predicted molar refractivity (Wildman–Crippen MR) is 87.6 cm³/mol. The summed E-state index contributed by atoms with van der Waals surface area (Å²) in [6, 6.07) is 11.0. The second-order valence-electron chi connectivity index (χ2n) is 4.82. The van der Waals surface area contributed by atoms with Crippen molar-refractivity contribution in [3.05, 3.63) is 69.3 Å². The number of hydrogen-bond donors (Lipinski definition) is 1. The number of carbonyl (C=O) groups excluding carboxylic acids is 1. The maximum Gasteiger partial charge on any atom is 0.198 e. The number of rotatable bonds is 3. The zero-order valence-electron chi connectivity index (χ0n) is 11.4. The van der Waals surface area contributed by atoms with E-state index in [1.165, 1.54) is 5.56 Å². The number of hydrogen-bond acceptors (Lipinski definition) is 1. The molecule has 0 aliphatic carbocycles. The molecule has 21 heavy (non-hydrogen) atoms. The van der Waals surface area contributed by atoms with Gasteiger partial charge in [0.05, 0.1) is 15.6 Å². The van der Waals surface area contributed by atoms with E-state index < -0.39 is 0 Å². The Balaban J connectivity index is 2.19. The number of nitrogens with one attached hydrogen (secondary N) is 1. The highest BCUT2D eigenvalue weighted by molar-refractivity contribution is 6.41. The molecule has 2 nitrogen and oxygen atoms in total. The van der Waals surface area contributed by atoms with Crippen LogP contribution >= 0.6 is 23.2 Å². The fraction of sp³-hybridized carbons (Fsp3) is 0.118. The molecule has 1 N–H and O–H groups in total. The molecule has 106 valence electrons. The lowest BCUT2D eigenvalue weighted by Gasteiger charge is -2.05. The summed E-state index contributed by atoms with van der Waals surface area (Å²) < 4.78 is 0. The predicted octanol–water partition coefficient (Wildman–Crippen LogP) is 5.27.